The van der Waals surface area contributed by atoms with Crippen molar-refractivity contribution in [3.8, 4) is 0 Å². The maximum Gasteiger partial charge on any atom is 0.133 e. The van der Waals surface area contributed by atoms with Gasteiger partial charge in [0.05, 0.1) is 0 Å². The molecule has 1 aromatic rings. The van der Waals surface area contributed by atoms with Crippen LogP contribution < -0.4 is 4.90 Å². The summed E-state index contributed by atoms with van der Waals surface area (Å²) in [6.07, 6.45) is 8.65. The Labute approximate surface area is 112 Å². The molecule has 17 heavy (non-hydrogen) atoms. The molecule has 3 nitrogen and oxygen atoms in total. The minimum atomic E-state index is 0.420. The molecule has 1 saturated heterocycles. The van der Waals surface area contributed by atoms with E-state index in [0.717, 1.165) is 17.4 Å². The number of hydrogen-bond acceptors (Lipinski definition) is 4. The van der Waals surface area contributed by atoms with E-state index in [9.17, 15) is 0 Å². The predicted molar refractivity (Wildman–Crippen MR) is 74.1 cm³/mol. The van der Waals surface area contributed by atoms with Crippen LogP contribution in [0.25, 0.3) is 0 Å². The SMILES string of the molecule is CSc1cc(N2CCCCCC2CCl)ncn1. The molecule has 0 bridgehead atoms. The summed E-state index contributed by atoms with van der Waals surface area (Å²) in [6.45, 7) is 1.06. The zero-order valence-electron chi connectivity index (χ0n) is 10.1. The predicted octanol–water partition coefficient (Wildman–Crippen LogP) is 3.19. The van der Waals surface area contributed by atoms with Gasteiger partial charge < -0.3 is 4.90 Å². The molecule has 0 saturated carbocycles. The van der Waals surface area contributed by atoms with Crippen LogP contribution in [0.1, 0.15) is 25.7 Å². The molecule has 2 rings (SSSR count). The minimum Gasteiger partial charge on any atom is -0.352 e. The summed E-state index contributed by atoms with van der Waals surface area (Å²) in [7, 11) is 0. The third kappa shape index (κ3) is 3.26. The third-order valence-corrected chi connectivity index (χ3v) is 4.18. The van der Waals surface area contributed by atoms with Gasteiger partial charge >= 0.3 is 0 Å². The lowest BCUT2D eigenvalue weighted by Crippen LogP contribution is -2.36. The number of aromatic nitrogens is 2. The molecule has 1 aliphatic heterocycles. The van der Waals surface area contributed by atoms with Crippen molar-refractivity contribution >= 4 is 29.2 Å². The Hall–Kier alpha value is -0.480. The molecule has 0 aromatic carbocycles. The standard InChI is InChI=1S/C12H18ClN3S/c1-17-12-7-11(14-9-15-12)16-6-4-2-3-5-10(16)8-13/h7,9-10H,2-6,8H2,1H3. The van der Waals surface area contributed by atoms with E-state index >= 15 is 0 Å². The molecule has 2 heterocycles. The van der Waals surface area contributed by atoms with Crippen molar-refractivity contribution in [1.82, 2.24) is 9.97 Å². The normalized spacial score (nSPS) is 21.3. The molecule has 1 fully saturated rings. The summed E-state index contributed by atoms with van der Waals surface area (Å²) in [5.74, 6) is 1.70. The Balaban J connectivity index is 2.21. The van der Waals surface area contributed by atoms with Gasteiger partial charge in [0.25, 0.3) is 0 Å². The molecule has 0 aliphatic carbocycles. The van der Waals surface area contributed by atoms with Crippen LogP contribution in [-0.4, -0.2) is 34.7 Å². The Morgan fingerprint density at radius 3 is 3.06 bits per heavy atom. The highest BCUT2D eigenvalue weighted by Gasteiger charge is 2.21. The molecule has 0 N–H and O–H groups in total. The van der Waals surface area contributed by atoms with E-state index in [1.54, 1.807) is 18.1 Å². The molecule has 94 valence electrons. The fraction of sp³-hybridized carbons (Fsp3) is 0.667. The summed E-state index contributed by atoms with van der Waals surface area (Å²) in [4.78, 5) is 11.0. The Morgan fingerprint density at radius 2 is 2.29 bits per heavy atom. The lowest BCUT2D eigenvalue weighted by Gasteiger charge is -2.29. The van der Waals surface area contributed by atoms with Crippen LogP contribution in [0.15, 0.2) is 17.4 Å². The first-order valence-electron chi connectivity index (χ1n) is 6.04. The van der Waals surface area contributed by atoms with Gasteiger partial charge in [-0.05, 0) is 19.1 Å². The second-order valence-corrected chi connectivity index (χ2v) is 5.40. The van der Waals surface area contributed by atoms with E-state index in [2.05, 4.69) is 20.9 Å². The summed E-state index contributed by atoms with van der Waals surface area (Å²) >= 11 is 7.73. The van der Waals surface area contributed by atoms with Gasteiger partial charge in [0.2, 0.25) is 0 Å². The average molecular weight is 272 g/mol. The zero-order valence-corrected chi connectivity index (χ0v) is 11.7. The van der Waals surface area contributed by atoms with Crippen molar-refractivity contribution in [2.45, 2.75) is 36.8 Å². The van der Waals surface area contributed by atoms with Gasteiger partial charge in [0.1, 0.15) is 17.2 Å². The molecule has 0 radical (unpaired) electrons. The summed E-state index contributed by atoms with van der Waals surface area (Å²) < 4.78 is 0. The Morgan fingerprint density at radius 1 is 1.41 bits per heavy atom. The largest absolute Gasteiger partial charge is 0.352 e. The van der Waals surface area contributed by atoms with Crippen LogP contribution in [0.3, 0.4) is 0 Å². The van der Waals surface area contributed by atoms with Gasteiger partial charge in [0, 0.05) is 24.5 Å². The summed E-state index contributed by atoms with van der Waals surface area (Å²) in [6, 6.07) is 2.49. The lowest BCUT2D eigenvalue weighted by molar-refractivity contribution is 0.614. The number of anilines is 1. The van der Waals surface area contributed by atoms with Crippen molar-refractivity contribution in [1.29, 1.82) is 0 Å². The van der Waals surface area contributed by atoms with Gasteiger partial charge in [-0.25, -0.2) is 9.97 Å². The van der Waals surface area contributed by atoms with Crippen LogP contribution in [0.4, 0.5) is 5.82 Å². The monoisotopic (exact) mass is 271 g/mol. The maximum atomic E-state index is 6.08. The number of halogens is 1. The van der Waals surface area contributed by atoms with Gasteiger partial charge in [-0.2, -0.15) is 0 Å². The van der Waals surface area contributed by atoms with Gasteiger partial charge in [-0.3, -0.25) is 0 Å². The summed E-state index contributed by atoms with van der Waals surface area (Å²) in [5.41, 5.74) is 0. The molecule has 1 aliphatic rings. The van der Waals surface area contributed by atoms with Crippen molar-refractivity contribution in [2.24, 2.45) is 0 Å². The first-order chi connectivity index (χ1) is 8.35. The third-order valence-electron chi connectivity index (χ3n) is 3.19. The highest BCUT2D eigenvalue weighted by Crippen LogP contribution is 2.25. The molecular formula is C12H18ClN3S. The maximum absolute atomic E-state index is 6.08. The second kappa shape index (κ2) is 6.45. The molecule has 0 amide bonds. The van der Waals surface area contributed by atoms with Gasteiger partial charge in [0.15, 0.2) is 0 Å². The van der Waals surface area contributed by atoms with Crippen molar-refractivity contribution in [3.05, 3.63) is 12.4 Å². The number of thioether (sulfide) groups is 1. The van der Waals surface area contributed by atoms with Gasteiger partial charge in [-0.15, -0.1) is 23.4 Å². The topological polar surface area (TPSA) is 29.0 Å². The Bertz CT molecular complexity index is 361. The number of rotatable bonds is 3. The molecular weight excluding hydrogens is 254 g/mol. The first kappa shape index (κ1) is 13.0. The minimum absolute atomic E-state index is 0.420. The highest BCUT2D eigenvalue weighted by molar-refractivity contribution is 7.98. The smallest absolute Gasteiger partial charge is 0.133 e. The molecule has 1 aromatic heterocycles. The van der Waals surface area contributed by atoms with Crippen LogP contribution >= 0.6 is 23.4 Å². The molecule has 5 heteroatoms. The number of nitrogens with zero attached hydrogens (tertiary/aromatic N) is 3. The molecule has 0 spiro atoms. The lowest BCUT2D eigenvalue weighted by atomic mass is 10.1. The molecule has 1 atom stereocenters. The van der Waals surface area contributed by atoms with E-state index < -0.39 is 0 Å². The molecule has 1 unspecified atom stereocenters. The van der Waals surface area contributed by atoms with Crippen LogP contribution in [0, 0.1) is 0 Å². The van der Waals surface area contributed by atoms with Crippen molar-refractivity contribution < 1.29 is 0 Å². The first-order valence-corrected chi connectivity index (χ1v) is 7.79. The average Bonchev–Trinajstić information content (AvgIpc) is 2.63. The number of alkyl halides is 1. The van der Waals surface area contributed by atoms with Crippen molar-refractivity contribution in [3.63, 3.8) is 0 Å². The Kier molecular flexibility index (Phi) is 4.92. The quantitative estimate of drug-likeness (QED) is 0.480. The number of hydrogen-bond donors (Lipinski definition) is 0. The highest BCUT2D eigenvalue weighted by atomic mass is 35.5. The fourth-order valence-electron chi connectivity index (χ4n) is 2.24. The van der Waals surface area contributed by atoms with Crippen LogP contribution in [0.5, 0.6) is 0 Å². The fourth-order valence-corrected chi connectivity index (χ4v) is 2.93. The van der Waals surface area contributed by atoms with Crippen LogP contribution in [0.2, 0.25) is 0 Å². The van der Waals surface area contributed by atoms with E-state index in [1.165, 1.54) is 25.7 Å². The zero-order chi connectivity index (χ0) is 12.1. The van der Waals surface area contributed by atoms with E-state index in [4.69, 9.17) is 11.6 Å². The van der Waals surface area contributed by atoms with E-state index in [-0.39, 0.29) is 0 Å². The van der Waals surface area contributed by atoms with Gasteiger partial charge in [-0.1, -0.05) is 12.8 Å². The van der Waals surface area contributed by atoms with E-state index in [1.807, 2.05) is 6.26 Å². The van der Waals surface area contributed by atoms with Crippen LogP contribution in [-0.2, 0) is 0 Å². The second-order valence-electron chi connectivity index (χ2n) is 4.27. The summed E-state index contributed by atoms with van der Waals surface area (Å²) in [5, 5.41) is 1.02. The van der Waals surface area contributed by atoms with Crippen molar-refractivity contribution in [2.75, 3.05) is 23.6 Å². The van der Waals surface area contributed by atoms with E-state index in [0.29, 0.717) is 11.9 Å².